The van der Waals surface area contributed by atoms with Crippen molar-refractivity contribution in [1.29, 1.82) is 0 Å². The normalized spacial score (nSPS) is 11.5. The quantitative estimate of drug-likeness (QED) is 0.318. The number of aliphatic hydroxyl groups excluding tert-OH is 1. The van der Waals surface area contributed by atoms with E-state index in [2.05, 4.69) is 23.7 Å². The number of rotatable bonds is 9. The lowest BCUT2D eigenvalue weighted by atomic mass is 10.0. The van der Waals surface area contributed by atoms with Gasteiger partial charge in [-0.05, 0) is 74.7 Å². The fraction of sp³-hybridized carbons (Fsp3) is 0.393. The van der Waals surface area contributed by atoms with Crippen LogP contribution in [0.4, 0.5) is 14.6 Å². The summed E-state index contributed by atoms with van der Waals surface area (Å²) in [6, 6.07) is 13.6. The van der Waals surface area contributed by atoms with E-state index in [1.54, 1.807) is 6.20 Å². The van der Waals surface area contributed by atoms with E-state index in [1.807, 2.05) is 51.1 Å². The minimum absolute atomic E-state index is 0.107. The molecule has 3 nitrogen and oxygen atoms in total. The fourth-order valence-corrected chi connectivity index (χ4v) is 4.70. The van der Waals surface area contributed by atoms with Crippen LogP contribution in [0.3, 0.4) is 0 Å². The highest BCUT2D eigenvalue weighted by Gasteiger charge is 2.23. The number of thioether (sulfide) groups is 1. The molecule has 0 aliphatic rings. The van der Waals surface area contributed by atoms with Crippen LogP contribution in [0.5, 0.6) is 0 Å². The van der Waals surface area contributed by atoms with Crippen molar-refractivity contribution in [3.05, 3.63) is 88.6 Å². The van der Waals surface area contributed by atoms with Gasteiger partial charge in [-0.25, -0.2) is 13.8 Å². The topological polar surface area (TPSA) is 36.4 Å². The van der Waals surface area contributed by atoms with E-state index >= 15 is 0 Å². The highest BCUT2D eigenvalue weighted by molar-refractivity contribution is 7.99. The highest BCUT2D eigenvalue weighted by Crippen LogP contribution is 2.43. The average molecular weight is 487 g/mol. The van der Waals surface area contributed by atoms with Crippen LogP contribution in [0.2, 0.25) is 0 Å². The van der Waals surface area contributed by atoms with E-state index in [-0.39, 0.29) is 6.61 Å². The molecule has 0 spiro atoms. The largest absolute Gasteiger partial charge is 0.396 e. The van der Waals surface area contributed by atoms with Crippen molar-refractivity contribution in [2.45, 2.75) is 57.6 Å². The smallest absolute Gasteiger partial charge is 0.128 e. The number of halogens is 2. The Morgan fingerprint density at radius 2 is 1.65 bits per heavy atom. The molecular weight excluding hydrogens is 450 g/mol. The van der Waals surface area contributed by atoms with Crippen LogP contribution < -0.4 is 4.90 Å². The molecule has 1 unspecified atom stereocenters. The molecule has 184 valence electrons. The molecular formula is C28H36F2N2OS. The van der Waals surface area contributed by atoms with E-state index in [1.165, 1.54) is 30.3 Å². The Labute approximate surface area is 207 Å². The molecule has 2 aromatic carbocycles. The predicted octanol–water partition coefficient (Wildman–Crippen LogP) is 7.48. The Morgan fingerprint density at radius 3 is 2.26 bits per heavy atom. The average Bonchev–Trinajstić information content (AvgIpc) is 2.82. The van der Waals surface area contributed by atoms with Gasteiger partial charge in [0.05, 0.1) is 5.25 Å². The Hall–Kier alpha value is -2.44. The first kappa shape index (κ1) is 27.8. The lowest BCUT2D eigenvalue weighted by Crippen LogP contribution is -2.26. The second-order valence-corrected chi connectivity index (χ2v) is 9.42. The van der Waals surface area contributed by atoms with Crippen molar-refractivity contribution < 1.29 is 13.9 Å². The molecule has 0 bridgehead atoms. The van der Waals surface area contributed by atoms with Gasteiger partial charge in [-0.15, -0.1) is 11.8 Å². The minimum atomic E-state index is -0.462. The van der Waals surface area contributed by atoms with Crippen LogP contribution in [0.1, 0.15) is 61.1 Å². The third-order valence-corrected chi connectivity index (χ3v) is 6.51. The van der Waals surface area contributed by atoms with Crippen LogP contribution in [-0.2, 0) is 0 Å². The Kier molecular flexibility index (Phi) is 11.5. The Balaban J connectivity index is 0.00000129. The van der Waals surface area contributed by atoms with Crippen LogP contribution in [-0.4, -0.2) is 29.8 Å². The van der Waals surface area contributed by atoms with Crippen molar-refractivity contribution in [2.24, 2.45) is 0 Å². The molecule has 1 aromatic heterocycles. The van der Waals surface area contributed by atoms with Gasteiger partial charge >= 0.3 is 0 Å². The Bertz CT molecular complexity index is 1030. The summed E-state index contributed by atoms with van der Waals surface area (Å²) < 4.78 is 29.0. The molecule has 34 heavy (non-hydrogen) atoms. The van der Waals surface area contributed by atoms with Crippen molar-refractivity contribution >= 4 is 17.6 Å². The van der Waals surface area contributed by atoms with E-state index in [0.717, 1.165) is 40.0 Å². The second kappa shape index (κ2) is 14.1. The molecule has 1 heterocycles. The second-order valence-electron chi connectivity index (χ2n) is 8.24. The maximum absolute atomic E-state index is 14.9. The van der Waals surface area contributed by atoms with Crippen LogP contribution in [0.15, 0.2) is 59.6 Å². The van der Waals surface area contributed by atoms with Crippen molar-refractivity contribution in [3.8, 4) is 0 Å². The van der Waals surface area contributed by atoms with Gasteiger partial charge in [-0.2, -0.15) is 0 Å². The molecule has 6 heteroatoms. The van der Waals surface area contributed by atoms with E-state index < -0.39 is 16.9 Å². The number of aliphatic hydroxyl groups is 1. The molecule has 1 atom stereocenters. The van der Waals surface area contributed by atoms with Crippen molar-refractivity contribution in [2.75, 3.05) is 24.6 Å². The highest BCUT2D eigenvalue weighted by atomic mass is 32.2. The monoisotopic (exact) mass is 486 g/mol. The van der Waals surface area contributed by atoms with E-state index in [0.29, 0.717) is 18.5 Å². The number of anilines is 1. The van der Waals surface area contributed by atoms with Crippen LogP contribution >= 0.6 is 11.8 Å². The lowest BCUT2D eigenvalue weighted by molar-refractivity contribution is 0.289. The third-order valence-electron chi connectivity index (χ3n) is 5.22. The number of hydrogen-bond donors (Lipinski definition) is 1. The first-order valence-electron chi connectivity index (χ1n) is 11.8. The van der Waals surface area contributed by atoms with Gasteiger partial charge in [0.15, 0.2) is 0 Å². The summed E-state index contributed by atoms with van der Waals surface area (Å²) in [6.07, 6.45) is 3.67. The van der Waals surface area contributed by atoms with Gasteiger partial charge < -0.3 is 10.0 Å². The maximum atomic E-state index is 14.9. The van der Waals surface area contributed by atoms with Gasteiger partial charge in [-0.3, -0.25) is 0 Å². The Morgan fingerprint density at radius 1 is 0.971 bits per heavy atom. The van der Waals surface area contributed by atoms with Gasteiger partial charge in [0.1, 0.15) is 17.5 Å². The molecule has 0 amide bonds. The molecule has 0 saturated carbocycles. The first-order chi connectivity index (χ1) is 16.3. The number of hydrogen-bond acceptors (Lipinski definition) is 4. The molecule has 1 N–H and O–H groups in total. The predicted molar refractivity (Wildman–Crippen MR) is 140 cm³/mol. The van der Waals surface area contributed by atoms with E-state index in [4.69, 9.17) is 0 Å². The van der Waals surface area contributed by atoms with Gasteiger partial charge in [0.25, 0.3) is 0 Å². The summed E-state index contributed by atoms with van der Waals surface area (Å²) in [6.45, 7) is 11.8. The zero-order valence-corrected chi connectivity index (χ0v) is 21.6. The maximum Gasteiger partial charge on any atom is 0.128 e. The summed E-state index contributed by atoms with van der Waals surface area (Å²) in [5.41, 5.74) is 3.25. The molecule has 3 aromatic rings. The number of aryl methyl sites for hydroxylation is 2. The zero-order chi connectivity index (χ0) is 25.1. The van der Waals surface area contributed by atoms with E-state index in [9.17, 15) is 13.9 Å². The summed E-state index contributed by atoms with van der Waals surface area (Å²) in [5.74, 6) is -0.129. The van der Waals surface area contributed by atoms with Gasteiger partial charge in [0, 0.05) is 36.4 Å². The molecule has 3 rings (SSSR count). The SMILES string of the molecule is CCC.CCN(CCCO)c1cc(C(Sc2ccc(C)cc2)c2cc(F)ccc2F)c(C)cn1. The first-order valence-corrected chi connectivity index (χ1v) is 12.7. The lowest BCUT2D eigenvalue weighted by Gasteiger charge is -2.25. The molecule has 0 radical (unpaired) electrons. The molecule has 0 aliphatic heterocycles. The van der Waals surface area contributed by atoms with Gasteiger partial charge in [-0.1, -0.05) is 38.0 Å². The summed E-state index contributed by atoms with van der Waals surface area (Å²) >= 11 is 1.49. The standard InChI is InChI=1S/C25H28F2N2OS.C3H8/c1-4-29(12-5-13-30)24-15-21(18(3)16-28-24)25(22-14-19(26)8-11-23(22)27)31-20-9-6-17(2)7-10-20;1-3-2/h6-11,14-16,25,30H,4-5,12-13H2,1-3H3;3H2,1-2H3. The zero-order valence-electron chi connectivity index (χ0n) is 20.8. The minimum Gasteiger partial charge on any atom is -0.396 e. The molecule has 0 saturated heterocycles. The van der Waals surface area contributed by atoms with Gasteiger partial charge in [0.2, 0.25) is 0 Å². The van der Waals surface area contributed by atoms with Crippen molar-refractivity contribution in [3.63, 3.8) is 0 Å². The number of aromatic nitrogens is 1. The number of nitrogens with zero attached hydrogens (tertiary/aromatic N) is 2. The summed E-state index contributed by atoms with van der Waals surface area (Å²) in [5, 5.41) is 8.77. The fourth-order valence-electron chi connectivity index (χ4n) is 3.44. The third kappa shape index (κ3) is 7.81. The van der Waals surface area contributed by atoms with Crippen LogP contribution in [0, 0.1) is 25.5 Å². The molecule has 0 fully saturated rings. The van der Waals surface area contributed by atoms with Crippen LogP contribution in [0.25, 0.3) is 0 Å². The molecule has 0 aliphatic carbocycles. The number of pyridine rings is 1. The van der Waals surface area contributed by atoms with Crippen molar-refractivity contribution in [1.82, 2.24) is 4.98 Å². The summed E-state index contributed by atoms with van der Waals surface area (Å²) in [4.78, 5) is 7.62. The summed E-state index contributed by atoms with van der Waals surface area (Å²) in [7, 11) is 0. The number of benzene rings is 2.